The third-order valence-corrected chi connectivity index (χ3v) is 9.81. The molecule has 2 aliphatic heterocycles. The number of rotatable bonds is 7. The van der Waals surface area contributed by atoms with Crippen molar-refractivity contribution in [3.63, 3.8) is 0 Å². The van der Waals surface area contributed by atoms with Gasteiger partial charge in [-0.05, 0) is 102 Å². The number of nitrogens with zero attached hydrogens (tertiary/aromatic N) is 2. The van der Waals surface area contributed by atoms with Gasteiger partial charge in [-0.3, -0.25) is 19.5 Å². The summed E-state index contributed by atoms with van der Waals surface area (Å²) in [5.41, 5.74) is 5.14. The van der Waals surface area contributed by atoms with E-state index in [2.05, 4.69) is 11.1 Å². The van der Waals surface area contributed by atoms with E-state index in [1.165, 1.54) is 12.1 Å². The molecule has 4 N–H and O–H groups in total. The first-order chi connectivity index (χ1) is 22.7. The monoisotopic (exact) mass is 628 g/mol. The number of amides is 2. The highest BCUT2D eigenvalue weighted by atomic mass is 16.5. The standard InChI is InChI=1S/C36H34B2N2O7/c1-21-17-28-34(36(43)40(35(28)42)25-8-6-7-24(19-25)38(45)46)29-20-37(44)47-32(33(21)29)15-13-23(30-11-4-5-16-39-30)18-22-12-14-31(41)27-10-3-2-9-26(22)27/h2-12,14,16,18-19,28-29,32,34,41,44-46H,13,15,17,20H2,1H3/b23-18-/t28-,29+,32-,34-/m1/s1. The van der Waals surface area contributed by atoms with E-state index in [9.17, 15) is 29.8 Å². The molecular formula is C36H34B2N2O7. The summed E-state index contributed by atoms with van der Waals surface area (Å²) in [6.07, 6.45) is 5.02. The van der Waals surface area contributed by atoms with Crippen molar-refractivity contribution < 1.29 is 34.4 Å². The Morgan fingerprint density at radius 2 is 1.79 bits per heavy atom. The maximum atomic E-state index is 14.0. The Kier molecular flexibility index (Phi) is 8.32. The summed E-state index contributed by atoms with van der Waals surface area (Å²) in [4.78, 5) is 33.5. The number of anilines is 1. The molecule has 236 valence electrons. The fraction of sp³-hybridized carbons (Fsp3) is 0.250. The number of aromatic nitrogens is 1. The fourth-order valence-corrected chi connectivity index (χ4v) is 7.73. The summed E-state index contributed by atoms with van der Waals surface area (Å²) in [5.74, 6) is -2.06. The molecule has 4 atom stereocenters. The predicted molar refractivity (Wildman–Crippen MR) is 181 cm³/mol. The summed E-state index contributed by atoms with van der Waals surface area (Å²) < 4.78 is 6.16. The SMILES string of the molecule is CC1=C2[C@@H](CC/C(=C/c3ccc(O)c4ccccc34)c3ccccn3)OB(O)C[C@@H]2[C@@H]2C(=O)N(c3cccc(B(O)O)c3)C(=O)[C@@H]2C1. The van der Waals surface area contributed by atoms with Gasteiger partial charge in [-0.25, -0.2) is 0 Å². The Hall–Kier alpha value is -4.54. The molecule has 4 aromatic rings. The van der Waals surface area contributed by atoms with Crippen LogP contribution < -0.4 is 10.4 Å². The average molecular weight is 628 g/mol. The third-order valence-electron chi connectivity index (χ3n) is 9.81. The Morgan fingerprint density at radius 3 is 2.55 bits per heavy atom. The highest BCUT2D eigenvalue weighted by Gasteiger charge is 2.57. The zero-order valence-corrected chi connectivity index (χ0v) is 25.9. The normalized spacial score (nSPS) is 22.9. The van der Waals surface area contributed by atoms with Gasteiger partial charge in [0.1, 0.15) is 5.75 Å². The molecule has 9 nitrogen and oxygen atoms in total. The lowest BCUT2D eigenvalue weighted by Gasteiger charge is -2.42. The Morgan fingerprint density at radius 1 is 1.00 bits per heavy atom. The van der Waals surface area contributed by atoms with Crippen LogP contribution in [-0.4, -0.2) is 57.3 Å². The van der Waals surface area contributed by atoms with E-state index in [-0.39, 0.29) is 35.3 Å². The molecule has 0 unspecified atom stereocenters. The van der Waals surface area contributed by atoms with E-state index >= 15 is 0 Å². The van der Waals surface area contributed by atoms with Crippen molar-refractivity contribution in [1.82, 2.24) is 4.98 Å². The molecule has 1 aromatic heterocycles. The van der Waals surface area contributed by atoms with Crippen molar-refractivity contribution in [3.8, 4) is 5.75 Å². The molecule has 1 aliphatic carbocycles. The van der Waals surface area contributed by atoms with Gasteiger partial charge in [-0.2, -0.15) is 0 Å². The van der Waals surface area contributed by atoms with Crippen molar-refractivity contribution in [3.05, 3.63) is 107 Å². The van der Waals surface area contributed by atoms with E-state index < -0.39 is 32.2 Å². The first-order valence-electron chi connectivity index (χ1n) is 15.9. The van der Waals surface area contributed by atoms with Crippen molar-refractivity contribution in [2.75, 3.05) is 4.90 Å². The topological polar surface area (TPSA) is 140 Å². The number of hydrogen-bond donors (Lipinski definition) is 4. The molecule has 11 heteroatoms. The number of carbonyl (C=O) groups is 2. The first kappa shape index (κ1) is 31.1. The molecule has 0 radical (unpaired) electrons. The van der Waals surface area contributed by atoms with Gasteiger partial charge in [0.2, 0.25) is 11.8 Å². The number of pyridine rings is 1. The summed E-state index contributed by atoms with van der Waals surface area (Å²) in [5, 5.41) is 42.4. The smallest absolute Gasteiger partial charge is 0.488 e. The lowest BCUT2D eigenvalue weighted by Crippen LogP contribution is -2.46. The van der Waals surface area contributed by atoms with Gasteiger partial charge in [0.05, 0.1) is 29.3 Å². The maximum Gasteiger partial charge on any atom is 0.488 e. The molecular weight excluding hydrogens is 594 g/mol. The second-order valence-electron chi connectivity index (χ2n) is 12.6. The largest absolute Gasteiger partial charge is 0.507 e. The Labute approximate surface area is 273 Å². The van der Waals surface area contributed by atoms with E-state index in [1.807, 2.05) is 55.5 Å². The quantitative estimate of drug-likeness (QED) is 0.137. The summed E-state index contributed by atoms with van der Waals surface area (Å²) in [6.45, 7) is 1.98. The second kappa shape index (κ2) is 12.6. The number of hydrogen-bond acceptors (Lipinski definition) is 8. The summed E-state index contributed by atoms with van der Waals surface area (Å²) >= 11 is 0. The molecule has 47 heavy (non-hydrogen) atoms. The van der Waals surface area contributed by atoms with Crippen LogP contribution in [0, 0.1) is 17.8 Å². The number of phenolic OH excluding ortho intramolecular Hbond substituents is 1. The second-order valence-corrected chi connectivity index (χ2v) is 12.6. The van der Waals surface area contributed by atoms with E-state index in [0.29, 0.717) is 24.9 Å². The van der Waals surface area contributed by atoms with E-state index in [1.54, 1.807) is 24.4 Å². The molecule has 0 saturated carbocycles. The number of fused-ring (bicyclic) bond motifs is 4. The van der Waals surface area contributed by atoms with Crippen LogP contribution in [0.5, 0.6) is 5.75 Å². The minimum atomic E-state index is -1.73. The van der Waals surface area contributed by atoms with Crippen LogP contribution >= 0.6 is 0 Å². The van der Waals surface area contributed by atoms with Crippen LogP contribution in [0.2, 0.25) is 6.32 Å². The minimum absolute atomic E-state index is 0.187. The van der Waals surface area contributed by atoms with E-state index in [0.717, 1.165) is 43.6 Å². The van der Waals surface area contributed by atoms with Crippen LogP contribution in [0.3, 0.4) is 0 Å². The molecule has 2 saturated heterocycles. The minimum Gasteiger partial charge on any atom is -0.507 e. The first-order valence-corrected chi connectivity index (χ1v) is 15.9. The molecule has 2 fully saturated rings. The van der Waals surface area contributed by atoms with Crippen LogP contribution in [0.1, 0.15) is 37.4 Å². The van der Waals surface area contributed by atoms with Crippen LogP contribution in [0.15, 0.2) is 96.2 Å². The predicted octanol–water partition coefficient (Wildman–Crippen LogP) is 3.96. The molecule has 7 rings (SSSR count). The van der Waals surface area contributed by atoms with Gasteiger partial charge in [-0.1, -0.05) is 54.1 Å². The number of imide groups is 1. The number of phenols is 1. The third kappa shape index (κ3) is 5.70. The zero-order chi connectivity index (χ0) is 32.8. The summed E-state index contributed by atoms with van der Waals surface area (Å²) in [7, 11) is -2.84. The van der Waals surface area contributed by atoms with Gasteiger partial charge >= 0.3 is 14.2 Å². The van der Waals surface area contributed by atoms with Crippen molar-refractivity contribution >= 4 is 59.6 Å². The number of aromatic hydroxyl groups is 1. The highest BCUT2D eigenvalue weighted by molar-refractivity contribution is 6.58. The van der Waals surface area contributed by atoms with Gasteiger partial charge < -0.3 is 24.8 Å². The number of allylic oxidation sites excluding steroid dienone is 2. The molecule has 3 aliphatic rings. The van der Waals surface area contributed by atoms with Crippen molar-refractivity contribution in [1.29, 1.82) is 0 Å². The average Bonchev–Trinajstić information content (AvgIpc) is 3.32. The zero-order valence-electron chi connectivity index (χ0n) is 25.9. The maximum absolute atomic E-state index is 14.0. The van der Waals surface area contributed by atoms with Gasteiger partial charge in [-0.15, -0.1) is 0 Å². The molecule has 2 amide bonds. The van der Waals surface area contributed by atoms with Gasteiger partial charge in [0.15, 0.2) is 0 Å². The lowest BCUT2D eigenvalue weighted by atomic mass is 9.58. The van der Waals surface area contributed by atoms with Crippen molar-refractivity contribution in [2.45, 2.75) is 38.6 Å². The highest BCUT2D eigenvalue weighted by Crippen LogP contribution is 2.51. The molecule has 0 bridgehead atoms. The Bertz CT molecular complexity index is 1930. The fourth-order valence-electron chi connectivity index (χ4n) is 7.73. The number of carbonyl (C=O) groups excluding carboxylic acids is 2. The van der Waals surface area contributed by atoms with Crippen LogP contribution in [0.4, 0.5) is 5.69 Å². The number of benzene rings is 3. The molecule has 3 aromatic carbocycles. The lowest BCUT2D eigenvalue weighted by molar-refractivity contribution is -0.122. The van der Waals surface area contributed by atoms with Gasteiger partial charge in [0, 0.05) is 11.6 Å². The Balaban J connectivity index is 1.20. The van der Waals surface area contributed by atoms with Crippen molar-refractivity contribution in [2.24, 2.45) is 17.8 Å². The summed E-state index contributed by atoms with van der Waals surface area (Å²) in [6, 6.07) is 23.2. The molecule has 3 heterocycles. The molecule has 0 spiro atoms. The van der Waals surface area contributed by atoms with Gasteiger partial charge in [0.25, 0.3) is 0 Å². The van der Waals surface area contributed by atoms with E-state index in [4.69, 9.17) is 4.65 Å². The van der Waals surface area contributed by atoms with Crippen LogP contribution in [0.25, 0.3) is 22.4 Å². The van der Waals surface area contributed by atoms with Crippen LogP contribution in [-0.2, 0) is 14.2 Å².